The molecule has 0 bridgehead atoms. The van der Waals surface area contributed by atoms with Gasteiger partial charge in [-0.15, -0.1) is 0 Å². The highest BCUT2D eigenvalue weighted by molar-refractivity contribution is 7.92. The third-order valence-electron chi connectivity index (χ3n) is 7.19. The molecule has 1 aliphatic heterocycles. The number of hydrogen-bond acceptors (Lipinski definition) is 7. The highest BCUT2D eigenvalue weighted by Crippen LogP contribution is 2.40. The molecule has 44 heavy (non-hydrogen) atoms. The standard InChI is InChI=1S/C31H25F2N5O5S/c1-3-44(41,42)38-24-15-25-22(26(31(40)34-2)27(43-25)16-7-9-18(32)10-8-16)14-21(24)23-12-11-20-29(35-23)36-28(37-30(20)39)17-5-4-6-19(33)13-17/h4-15,28,38H,3H2,1-2H3,(H,34,40)(H,35,36)(H,37,39). The van der Waals surface area contributed by atoms with Gasteiger partial charge < -0.3 is 20.4 Å². The first-order valence-corrected chi connectivity index (χ1v) is 15.2. The van der Waals surface area contributed by atoms with Crippen molar-refractivity contribution in [3.8, 4) is 22.6 Å². The molecule has 0 saturated carbocycles. The second-order valence-corrected chi connectivity index (χ2v) is 12.0. The van der Waals surface area contributed by atoms with Gasteiger partial charge in [0.15, 0.2) is 0 Å². The molecule has 4 N–H and O–H groups in total. The van der Waals surface area contributed by atoms with Crippen LogP contribution >= 0.6 is 0 Å². The average molecular weight is 618 g/mol. The minimum absolute atomic E-state index is 0.122. The molecule has 3 heterocycles. The Morgan fingerprint density at radius 3 is 2.45 bits per heavy atom. The Bertz CT molecular complexity index is 2060. The fourth-order valence-corrected chi connectivity index (χ4v) is 5.62. The summed E-state index contributed by atoms with van der Waals surface area (Å²) in [5.74, 6) is -1.72. The average Bonchev–Trinajstić information content (AvgIpc) is 3.38. The van der Waals surface area contributed by atoms with E-state index >= 15 is 0 Å². The SMILES string of the molecule is CCS(=O)(=O)Nc1cc2oc(-c3ccc(F)cc3)c(C(=O)NC)c2cc1-c1ccc2c(n1)NC(c1cccc(F)c1)NC2=O. The van der Waals surface area contributed by atoms with Gasteiger partial charge in [-0.3, -0.25) is 14.3 Å². The number of rotatable bonds is 7. The number of furan rings is 1. The number of sulfonamides is 1. The van der Waals surface area contributed by atoms with Crippen molar-refractivity contribution in [2.24, 2.45) is 0 Å². The number of pyridine rings is 1. The van der Waals surface area contributed by atoms with Crippen LogP contribution in [0.25, 0.3) is 33.6 Å². The molecule has 2 amide bonds. The third-order valence-corrected chi connectivity index (χ3v) is 8.48. The molecule has 5 aromatic rings. The van der Waals surface area contributed by atoms with Crippen LogP contribution in [0.5, 0.6) is 0 Å². The Morgan fingerprint density at radius 1 is 0.977 bits per heavy atom. The third kappa shape index (κ3) is 5.33. The monoisotopic (exact) mass is 617 g/mol. The topological polar surface area (TPSA) is 142 Å². The number of fused-ring (bicyclic) bond motifs is 2. The molecule has 2 aromatic heterocycles. The van der Waals surface area contributed by atoms with Gasteiger partial charge in [0.05, 0.1) is 28.3 Å². The number of anilines is 2. The van der Waals surface area contributed by atoms with Crippen molar-refractivity contribution < 1.29 is 31.2 Å². The molecule has 3 aromatic carbocycles. The van der Waals surface area contributed by atoms with Crippen molar-refractivity contribution in [2.75, 3.05) is 22.8 Å². The minimum atomic E-state index is -3.78. The lowest BCUT2D eigenvalue weighted by molar-refractivity contribution is 0.0932. The number of nitrogens with zero attached hydrogens (tertiary/aromatic N) is 1. The van der Waals surface area contributed by atoms with E-state index in [4.69, 9.17) is 4.42 Å². The predicted molar refractivity (Wildman–Crippen MR) is 162 cm³/mol. The van der Waals surface area contributed by atoms with E-state index in [2.05, 4.69) is 25.7 Å². The Kier molecular flexibility index (Phi) is 7.25. The molecule has 0 saturated heterocycles. The first kappa shape index (κ1) is 28.8. The second-order valence-electron chi connectivity index (χ2n) is 9.99. The Labute approximate surface area is 250 Å². The van der Waals surface area contributed by atoms with Crippen LogP contribution in [-0.4, -0.2) is 38.0 Å². The lowest BCUT2D eigenvalue weighted by Gasteiger charge is -2.27. The lowest BCUT2D eigenvalue weighted by Crippen LogP contribution is -2.39. The molecular formula is C31H25F2N5O5S. The summed E-state index contributed by atoms with van der Waals surface area (Å²) in [4.78, 5) is 30.7. The summed E-state index contributed by atoms with van der Waals surface area (Å²) in [6, 6.07) is 17.3. The molecule has 13 heteroatoms. The molecule has 224 valence electrons. The second kappa shape index (κ2) is 11.1. The van der Waals surface area contributed by atoms with Gasteiger partial charge in [-0.05, 0) is 67.1 Å². The van der Waals surface area contributed by atoms with E-state index in [1.165, 1.54) is 68.6 Å². The Hall–Kier alpha value is -5.30. The van der Waals surface area contributed by atoms with Crippen LogP contribution in [0.4, 0.5) is 20.3 Å². The molecule has 0 spiro atoms. The van der Waals surface area contributed by atoms with E-state index in [1.807, 2.05) is 0 Å². The molecule has 0 fully saturated rings. The van der Waals surface area contributed by atoms with E-state index in [1.54, 1.807) is 18.2 Å². The van der Waals surface area contributed by atoms with Crippen LogP contribution < -0.4 is 20.7 Å². The molecule has 1 unspecified atom stereocenters. The van der Waals surface area contributed by atoms with Crippen molar-refractivity contribution >= 4 is 44.3 Å². The van der Waals surface area contributed by atoms with Gasteiger partial charge >= 0.3 is 0 Å². The molecule has 10 nitrogen and oxygen atoms in total. The summed E-state index contributed by atoms with van der Waals surface area (Å²) < 4.78 is 61.6. The smallest absolute Gasteiger partial charge is 0.256 e. The van der Waals surface area contributed by atoms with Gasteiger partial charge in [0, 0.05) is 29.6 Å². The summed E-state index contributed by atoms with van der Waals surface area (Å²) in [7, 11) is -2.33. The van der Waals surface area contributed by atoms with Crippen molar-refractivity contribution in [3.05, 3.63) is 101 Å². The first-order chi connectivity index (χ1) is 21.1. The molecule has 6 rings (SSSR count). The summed E-state index contributed by atoms with van der Waals surface area (Å²) in [5.41, 5.74) is 2.17. The van der Waals surface area contributed by atoms with Gasteiger partial charge in [0.1, 0.15) is 35.0 Å². The van der Waals surface area contributed by atoms with Gasteiger partial charge in [-0.1, -0.05) is 12.1 Å². The van der Waals surface area contributed by atoms with Crippen LogP contribution in [0.3, 0.4) is 0 Å². The van der Waals surface area contributed by atoms with Crippen LogP contribution in [-0.2, 0) is 10.0 Å². The van der Waals surface area contributed by atoms with Crippen molar-refractivity contribution in [1.82, 2.24) is 15.6 Å². The van der Waals surface area contributed by atoms with E-state index in [-0.39, 0.29) is 45.4 Å². The number of aromatic nitrogens is 1. The molecule has 0 aliphatic carbocycles. The molecule has 1 atom stereocenters. The Morgan fingerprint density at radius 2 is 1.75 bits per heavy atom. The predicted octanol–water partition coefficient (Wildman–Crippen LogP) is 5.42. The van der Waals surface area contributed by atoms with Gasteiger partial charge in [-0.2, -0.15) is 0 Å². The fourth-order valence-electron chi connectivity index (χ4n) is 4.97. The number of carbonyl (C=O) groups excluding carboxylic acids is 2. The number of amides is 2. The summed E-state index contributed by atoms with van der Waals surface area (Å²) in [6.07, 6.45) is -0.777. The maximum absolute atomic E-state index is 13.9. The van der Waals surface area contributed by atoms with Crippen LogP contribution in [0.2, 0.25) is 0 Å². The maximum atomic E-state index is 13.9. The number of halogens is 2. The summed E-state index contributed by atoms with van der Waals surface area (Å²) >= 11 is 0. The molecule has 0 radical (unpaired) electrons. The van der Waals surface area contributed by atoms with E-state index in [0.29, 0.717) is 22.1 Å². The lowest BCUT2D eigenvalue weighted by atomic mass is 10.0. The van der Waals surface area contributed by atoms with Crippen molar-refractivity contribution in [3.63, 3.8) is 0 Å². The zero-order valence-corrected chi connectivity index (χ0v) is 24.2. The van der Waals surface area contributed by atoms with E-state index in [9.17, 15) is 26.8 Å². The molecule has 1 aliphatic rings. The number of nitrogens with one attached hydrogen (secondary N) is 4. The molecular weight excluding hydrogens is 592 g/mol. The quantitative estimate of drug-likeness (QED) is 0.191. The van der Waals surface area contributed by atoms with Gasteiger partial charge in [-0.25, -0.2) is 22.2 Å². The van der Waals surface area contributed by atoms with E-state index < -0.39 is 39.6 Å². The minimum Gasteiger partial charge on any atom is -0.455 e. The van der Waals surface area contributed by atoms with Crippen molar-refractivity contribution in [1.29, 1.82) is 0 Å². The first-order valence-electron chi connectivity index (χ1n) is 13.5. The van der Waals surface area contributed by atoms with E-state index in [0.717, 1.165) is 0 Å². The van der Waals surface area contributed by atoms with Gasteiger partial charge in [0.2, 0.25) is 10.0 Å². The number of benzene rings is 3. The maximum Gasteiger partial charge on any atom is 0.256 e. The summed E-state index contributed by atoms with van der Waals surface area (Å²) in [5, 5.41) is 8.81. The van der Waals surface area contributed by atoms with Crippen LogP contribution in [0.15, 0.2) is 77.2 Å². The normalized spacial score (nSPS) is 14.5. The Balaban J connectivity index is 1.54. The van der Waals surface area contributed by atoms with Crippen molar-refractivity contribution in [2.45, 2.75) is 13.1 Å². The zero-order valence-electron chi connectivity index (χ0n) is 23.4. The van der Waals surface area contributed by atoms with Gasteiger partial charge in [0.25, 0.3) is 11.8 Å². The van der Waals surface area contributed by atoms with Crippen LogP contribution in [0.1, 0.15) is 39.4 Å². The number of carbonyl (C=O) groups is 2. The zero-order chi connectivity index (χ0) is 31.2. The highest BCUT2D eigenvalue weighted by Gasteiger charge is 2.28. The fraction of sp³-hybridized carbons (Fsp3) is 0.129. The largest absolute Gasteiger partial charge is 0.455 e. The summed E-state index contributed by atoms with van der Waals surface area (Å²) in [6.45, 7) is 1.48. The number of hydrogen-bond donors (Lipinski definition) is 4. The van der Waals surface area contributed by atoms with Crippen LogP contribution in [0, 0.1) is 11.6 Å². The highest BCUT2D eigenvalue weighted by atomic mass is 32.2.